The Bertz CT molecular complexity index is 106. The Labute approximate surface area is 59.1 Å². The van der Waals surface area contributed by atoms with Gasteiger partial charge in [-0.15, -0.1) is 0 Å². The predicted octanol–water partition coefficient (Wildman–Crippen LogP) is -1.51. The fourth-order valence-electron chi connectivity index (χ4n) is 1.02. The van der Waals surface area contributed by atoms with Crippen molar-refractivity contribution in [1.29, 1.82) is 0 Å². The molecule has 0 aromatic carbocycles. The molecule has 10 heavy (non-hydrogen) atoms. The van der Waals surface area contributed by atoms with Gasteiger partial charge in [0.15, 0.2) is 0 Å². The highest BCUT2D eigenvalue weighted by Gasteiger charge is 2.28. The topological polar surface area (TPSA) is 69.9 Å². The second-order valence-corrected chi connectivity index (χ2v) is 2.51. The molecular formula is C6H12O4. The summed E-state index contributed by atoms with van der Waals surface area (Å²) in [6.07, 6.45) is -1.30. The van der Waals surface area contributed by atoms with Crippen LogP contribution in [0.3, 0.4) is 0 Å². The van der Waals surface area contributed by atoms with Gasteiger partial charge in [0.25, 0.3) is 0 Å². The van der Waals surface area contributed by atoms with Gasteiger partial charge in [0.2, 0.25) is 0 Å². The smallest absolute Gasteiger partial charge is 0.103 e. The van der Waals surface area contributed by atoms with Gasteiger partial charge in [-0.3, -0.25) is 0 Å². The van der Waals surface area contributed by atoms with Crippen LogP contribution in [0.4, 0.5) is 0 Å². The van der Waals surface area contributed by atoms with E-state index in [1.807, 2.05) is 0 Å². The third kappa shape index (κ3) is 1.67. The minimum absolute atomic E-state index is 0.266. The molecule has 0 aromatic rings. The van der Waals surface area contributed by atoms with Crippen molar-refractivity contribution in [3.8, 4) is 0 Å². The van der Waals surface area contributed by atoms with Gasteiger partial charge in [-0.1, -0.05) is 0 Å². The Morgan fingerprint density at radius 1 is 1.60 bits per heavy atom. The molecule has 4 heteroatoms. The monoisotopic (exact) mass is 148 g/mol. The highest BCUT2D eigenvalue weighted by Crippen LogP contribution is 2.15. The molecule has 4 nitrogen and oxygen atoms in total. The number of rotatable bonds is 2. The molecule has 1 heterocycles. The Kier molecular flexibility index (Phi) is 2.62. The maximum atomic E-state index is 8.99. The first kappa shape index (κ1) is 7.94. The van der Waals surface area contributed by atoms with Crippen LogP contribution >= 0.6 is 0 Å². The van der Waals surface area contributed by atoms with Crippen molar-refractivity contribution in [1.82, 2.24) is 0 Å². The SMILES string of the molecule is OC[C@@H](O)[C@@H]1C[C@@H](O)CO1. The number of ether oxygens (including phenoxy) is 1. The van der Waals surface area contributed by atoms with Gasteiger partial charge in [0, 0.05) is 6.42 Å². The van der Waals surface area contributed by atoms with Crippen molar-refractivity contribution in [2.45, 2.75) is 24.7 Å². The summed E-state index contributed by atoms with van der Waals surface area (Å²) in [6, 6.07) is 0. The van der Waals surface area contributed by atoms with Crippen LogP contribution in [-0.4, -0.2) is 46.8 Å². The van der Waals surface area contributed by atoms with Crippen molar-refractivity contribution < 1.29 is 20.1 Å². The van der Waals surface area contributed by atoms with Gasteiger partial charge in [-0.25, -0.2) is 0 Å². The highest BCUT2D eigenvalue weighted by molar-refractivity contribution is 4.77. The summed E-state index contributed by atoms with van der Waals surface area (Å²) in [5, 5.41) is 26.4. The summed E-state index contributed by atoms with van der Waals surface area (Å²) in [7, 11) is 0. The molecule has 1 aliphatic rings. The summed E-state index contributed by atoms with van der Waals surface area (Å²) in [6.45, 7) is -0.0425. The molecule has 1 fully saturated rings. The van der Waals surface area contributed by atoms with E-state index in [-0.39, 0.29) is 19.3 Å². The average Bonchev–Trinajstić information content (AvgIpc) is 2.34. The molecule has 0 spiro atoms. The van der Waals surface area contributed by atoms with E-state index < -0.39 is 12.2 Å². The van der Waals surface area contributed by atoms with Crippen LogP contribution in [0.15, 0.2) is 0 Å². The lowest BCUT2D eigenvalue weighted by molar-refractivity contribution is -0.0291. The van der Waals surface area contributed by atoms with Crippen molar-refractivity contribution in [3.63, 3.8) is 0 Å². The van der Waals surface area contributed by atoms with E-state index in [4.69, 9.17) is 20.1 Å². The number of hydrogen-bond acceptors (Lipinski definition) is 4. The average molecular weight is 148 g/mol. The molecule has 0 aliphatic carbocycles. The van der Waals surface area contributed by atoms with Gasteiger partial charge in [0.1, 0.15) is 6.10 Å². The van der Waals surface area contributed by atoms with Gasteiger partial charge in [0.05, 0.1) is 25.4 Å². The van der Waals surface area contributed by atoms with E-state index in [0.29, 0.717) is 6.42 Å². The minimum atomic E-state index is -0.850. The molecule has 3 atom stereocenters. The lowest BCUT2D eigenvalue weighted by Crippen LogP contribution is -2.28. The van der Waals surface area contributed by atoms with Gasteiger partial charge in [-0.2, -0.15) is 0 Å². The van der Waals surface area contributed by atoms with E-state index in [0.717, 1.165) is 0 Å². The normalized spacial score (nSPS) is 36.3. The standard InChI is InChI=1S/C6H12O4/c7-2-5(9)6-1-4(8)3-10-6/h4-9H,1-3H2/t4-,5-,6+/m1/s1. The van der Waals surface area contributed by atoms with E-state index >= 15 is 0 Å². The molecule has 0 saturated carbocycles. The summed E-state index contributed by atoms with van der Waals surface area (Å²) in [4.78, 5) is 0. The number of aliphatic hydroxyl groups excluding tert-OH is 3. The van der Waals surface area contributed by atoms with Crippen molar-refractivity contribution in [2.75, 3.05) is 13.2 Å². The Morgan fingerprint density at radius 3 is 2.70 bits per heavy atom. The Hall–Kier alpha value is -0.160. The van der Waals surface area contributed by atoms with Gasteiger partial charge in [-0.05, 0) is 0 Å². The maximum Gasteiger partial charge on any atom is 0.103 e. The molecule has 1 saturated heterocycles. The molecule has 0 radical (unpaired) electrons. The summed E-state index contributed by atoms with van der Waals surface area (Å²) >= 11 is 0. The molecule has 3 N–H and O–H groups in total. The zero-order valence-electron chi connectivity index (χ0n) is 5.60. The second-order valence-electron chi connectivity index (χ2n) is 2.51. The first-order valence-corrected chi connectivity index (χ1v) is 3.32. The third-order valence-electron chi connectivity index (χ3n) is 1.62. The largest absolute Gasteiger partial charge is 0.394 e. The molecule has 0 aromatic heterocycles. The molecule has 1 rings (SSSR count). The lowest BCUT2D eigenvalue weighted by Gasteiger charge is -2.13. The quantitative estimate of drug-likeness (QED) is 0.445. The first-order valence-electron chi connectivity index (χ1n) is 3.32. The third-order valence-corrected chi connectivity index (χ3v) is 1.62. The van der Waals surface area contributed by atoms with Crippen LogP contribution in [-0.2, 0) is 4.74 Å². The minimum Gasteiger partial charge on any atom is -0.394 e. The zero-order chi connectivity index (χ0) is 7.56. The van der Waals surface area contributed by atoms with E-state index in [9.17, 15) is 0 Å². The van der Waals surface area contributed by atoms with Crippen LogP contribution in [0.25, 0.3) is 0 Å². The Balaban J connectivity index is 2.29. The summed E-state index contributed by atoms with van der Waals surface area (Å²) in [5.74, 6) is 0. The van der Waals surface area contributed by atoms with Crippen LogP contribution in [0.1, 0.15) is 6.42 Å². The maximum absolute atomic E-state index is 8.99. The van der Waals surface area contributed by atoms with E-state index in [1.54, 1.807) is 0 Å². The van der Waals surface area contributed by atoms with Crippen molar-refractivity contribution >= 4 is 0 Å². The molecule has 1 aliphatic heterocycles. The van der Waals surface area contributed by atoms with E-state index in [1.165, 1.54) is 0 Å². The fraction of sp³-hybridized carbons (Fsp3) is 1.00. The van der Waals surface area contributed by atoms with E-state index in [2.05, 4.69) is 0 Å². The molecular weight excluding hydrogens is 136 g/mol. The van der Waals surface area contributed by atoms with Crippen molar-refractivity contribution in [3.05, 3.63) is 0 Å². The fourth-order valence-corrected chi connectivity index (χ4v) is 1.02. The van der Waals surface area contributed by atoms with Gasteiger partial charge < -0.3 is 20.1 Å². The summed E-state index contributed by atoms with van der Waals surface area (Å²) < 4.78 is 4.96. The van der Waals surface area contributed by atoms with Crippen LogP contribution < -0.4 is 0 Å². The number of aliphatic hydroxyl groups is 3. The molecule has 0 unspecified atom stereocenters. The van der Waals surface area contributed by atoms with Gasteiger partial charge >= 0.3 is 0 Å². The second kappa shape index (κ2) is 3.30. The number of hydrogen-bond donors (Lipinski definition) is 3. The van der Waals surface area contributed by atoms with Crippen LogP contribution in [0, 0.1) is 0 Å². The molecule has 60 valence electrons. The van der Waals surface area contributed by atoms with Crippen LogP contribution in [0.2, 0.25) is 0 Å². The Morgan fingerprint density at radius 2 is 2.30 bits per heavy atom. The van der Waals surface area contributed by atoms with Crippen LogP contribution in [0.5, 0.6) is 0 Å². The summed E-state index contributed by atoms with van der Waals surface area (Å²) in [5.41, 5.74) is 0. The lowest BCUT2D eigenvalue weighted by atomic mass is 10.1. The first-order chi connectivity index (χ1) is 4.74. The highest BCUT2D eigenvalue weighted by atomic mass is 16.5. The predicted molar refractivity (Wildman–Crippen MR) is 33.5 cm³/mol. The zero-order valence-corrected chi connectivity index (χ0v) is 5.60. The molecule has 0 amide bonds. The molecule has 0 bridgehead atoms. The van der Waals surface area contributed by atoms with Crippen molar-refractivity contribution in [2.24, 2.45) is 0 Å².